The maximum Gasteiger partial charge on any atom is 0.234 e. The number of halogens is 1. The number of carbonyl (C=O) groups is 1. The van der Waals surface area contributed by atoms with Gasteiger partial charge in [-0.25, -0.2) is 0 Å². The summed E-state index contributed by atoms with van der Waals surface area (Å²) in [6.07, 6.45) is 9.23. The molecule has 2 aliphatic rings. The minimum absolute atomic E-state index is 0. The van der Waals surface area contributed by atoms with Crippen molar-refractivity contribution in [2.24, 2.45) is 0 Å². The van der Waals surface area contributed by atoms with Crippen molar-refractivity contribution in [2.45, 2.75) is 70.9 Å². The van der Waals surface area contributed by atoms with Gasteiger partial charge in [-0.1, -0.05) is 56.9 Å². The molecule has 5 heteroatoms. The van der Waals surface area contributed by atoms with E-state index in [9.17, 15) is 4.79 Å². The first kappa shape index (κ1) is 23.2. The molecule has 1 aliphatic heterocycles. The topological polar surface area (TPSA) is 35.6 Å². The lowest BCUT2D eigenvalue weighted by molar-refractivity contribution is -0.123. The van der Waals surface area contributed by atoms with E-state index in [4.69, 9.17) is 0 Å². The fourth-order valence-electron chi connectivity index (χ4n) is 4.57. The zero-order valence-corrected chi connectivity index (χ0v) is 18.4. The smallest absolute Gasteiger partial charge is 0.234 e. The Kier molecular flexibility index (Phi) is 9.76. The van der Waals surface area contributed by atoms with E-state index in [1.807, 2.05) is 0 Å². The summed E-state index contributed by atoms with van der Waals surface area (Å²) >= 11 is 0. The Balaban J connectivity index is 0.00000280. The van der Waals surface area contributed by atoms with Gasteiger partial charge >= 0.3 is 0 Å². The molecular weight excluding hydrogens is 370 g/mol. The van der Waals surface area contributed by atoms with E-state index in [1.54, 1.807) is 0 Å². The van der Waals surface area contributed by atoms with Crippen LogP contribution >= 0.6 is 0 Å². The minimum atomic E-state index is 0. The van der Waals surface area contributed by atoms with Crippen LogP contribution < -0.4 is 17.7 Å². The second-order valence-corrected chi connectivity index (χ2v) is 8.38. The van der Waals surface area contributed by atoms with Crippen molar-refractivity contribution in [1.82, 2.24) is 15.1 Å². The highest BCUT2D eigenvalue weighted by Gasteiger charge is 2.26. The number of benzene rings is 1. The number of hydrogen-bond acceptors (Lipinski definition) is 3. The number of nitrogens with zero attached hydrogens (tertiary/aromatic N) is 2. The van der Waals surface area contributed by atoms with Crippen LogP contribution in [0.5, 0.6) is 0 Å². The van der Waals surface area contributed by atoms with Gasteiger partial charge in [0.1, 0.15) is 0 Å². The normalized spacial score (nSPS) is 20.4. The standard InChI is InChI=1S/C23H37N3O.ClH/c1-3-7-20-10-12-21(13-11-20)19(2)24-23(27)18-25-14-16-26(17-15-25)22-8-5-4-6-9-22;/h10-13,19,22H,3-9,14-18H2,1-2H3,(H,24,27);1H/p-1. The molecule has 1 saturated heterocycles. The molecule has 0 radical (unpaired) electrons. The zero-order valence-electron chi connectivity index (χ0n) is 17.6. The first-order valence-electron chi connectivity index (χ1n) is 11.0. The molecular formula is C23H37ClN3O-. The summed E-state index contributed by atoms with van der Waals surface area (Å²) in [5.74, 6) is 0.145. The first-order chi connectivity index (χ1) is 13.2. The van der Waals surface area contributed by atoms with Crippen LogP contribution in [0, 0.1) is 0 Å². The van der Waals surface area contributed by atoms with E-state index in [-0.39, 0.29) is 24.4 Å². The highest BCUT2D eigenvalue weighted by Crippen LogP contribution is 2.23. The summed E-state index contributed by atoms with van der Waals surface area (Å²) < 4.78 is 0. The monoisotopic (exact) mass is 406 g/mol. The van der Waals surface area contributed by atoms with Crippen molar-refractivity contribution >= 4 is 5.91 Å². The number of nitrogens with one attached hydrogen (secondary N) is 1. The fourth-order valence-corrected chi connectivity index (χ4v) is 4.57. The van der Waals surface area contributed by atoms with Crippen LogP contribution in [0.2, 0.25) is 0 Å². The summed E-state index contributed by atoms with van der Waals surface area (Å²) in [5.41, 5.74) is 2.56. The molecule has 1 unspecified atom stereocenters. The lowest BCUT2D eigenvalue weighted by atomic mass is 9.94. The molecule has 1 saturated carbocycles. The fraction of sp³-hybridized carbons (Fsp3) is 0.696. The lowest BCUT2D eigenvalue weighted by Gasteiger charge is -2.40. The number of amides is 1. The third kappa shape index (κ3) is 6.75. The molecule has 1 atom stereocenters. The third-order valence-electron chi connectivity index (χ3n) is 6.26. The summed E-state index contributed by atoms with van der Waals surface area (Å²) in [4.78, 5) is 17.5. The van der Waals surface area contributed by atoms with Gasteiger partial charge in [0.2, 0.25) is 5.91 Å². The van der Waals surface area contributed by atoms with Crippen LogP contribution in [0.25, 0.3) is 0 Å². The average Bonchev–Trinajstić information content (AvgIpc) is 2.70. The van der Waals surface area contributed by atoms with Crippen molar-refractivity contribution in [1.29, 1.82) is 0 Å². The molecule has 0 spiro atoms. The Hall–Kier alpha value is -1.10. The second kappa shape index (κ2) is 11.8. The SMILES string of the molecule is CCCc1ccc(C(C)NC(=O)CN2CCN(C3CCCCC3)CC2)cc1.[Cl-]. The number of rotatable bonds is 7. The van der Waals surface area contributed by atoms with Crippen LogP contribution in [0.1, 0.15) is 69.5 Å². The van der Waals surface area contributed by atoms with Gasteiger partial charge in [0.05, 0.1) is 12.6 Å². The number of carbonyl (C=O) groups excluding carboxylic acids is 1. The quantitative estimate of drug-likeness (QED) is 0.726. The molecule has 1 amide bonds. The van der Waals surface area contributed by atoms with E-state index in [0.29, 0.717) is 6.54 Å². The molecule has 1 N–H and O–H groups in total. The molecule has 1 aliphatic carbocycles. The Bertz CT molecular complexity index is 578. The number of piperazine rings is 1. The molecule has 1 aromatic carbocycles. The van der Waals surface area contributed by atoms with Gasteiger partial charge in [0, 0.05) is 32.2 Å². The van der Waals surface area contributed by atoms with Crippen LogP contribution in [-0.4, -0.2) is 54.5 Å². The molecule has 2 fully saturated rings. The predicted molar refractivity (Wildman–Crippen MR) is 112 cm³/mol. The largest absolute Gasteiger partial charge is 1.00 e. The predicted octanol–water partition coefficient (Wildman–Crippen LogP) is 0.771. The molecule has 1 aromatic rings. The highest BCUT2D eigenvalue weighted by atomic mass is 35.5. The van der Waals surface area contributed by atoms with Crippen molar-refractivity contribution in [3.8, 4) is 0 Å². The van der Waals surface area contributed by atoms with Crippen molar-refractivity contribution in [2.75, 3.05) is 32.7 Å². The minimum Gasteiger partial charge on any atom is -1.00 e. The Labute approximate surface area is 177 Å². The molecule has 3 rings (SSSR count). The van der Waals surface area contributed by atoms with Gasteiger partial charge in [-0.05, 0) is 37.3 Å². The van der Waals surface area contributed by atoms with Crippen molar-refractivity contribution < 1.29 is 17.2 Å². The van der Waals surface area contributed by atoms with Crippen LogP contribution in [0.4, 0.5) is 0 Å². The molecule has 1 heterocycles. The lowest BCUT2D eigenvalue weighted by Crippen LogP contribution is -3.00. The number of hydrogen-bond donors (Lipinski definition) is 1. The highest BCUT2D eigenvalue weighted by molar-refractivity contribution is 5.78. The van der Waals surface area contributed by atoms with Crippen molar-refractivity contribution in [3.05, 3.63) is 35.4 Å². The molecule has 158 valence electrons. The number of aryl methyl sites for hydroxylation is 1. The summed E-state index contributed by atoms with van der Waals surface area (Å²) in [5, 5.41) is 3.18. The zero-order chi connectivity index (χ0) is 19.1. The van der Waals surface area contributed by atoms with Crippen LogP contribution in [0.3, 0.4) is 0 Å². The van der Waals surface area contributed by atoms with Crippen LogP contribution in [-0.2, 0) is 11.2 Å². The average molecular weight is 407 g/mol. The molecule has 0 aromatic heterocycles. The summed E-state index contributed by atoms with van der Waals surface area (Å²) in [6.45, 7) is 9.07. The van der Waals surface area contributed by atoms with E-state index in [0.717, 1.165) is 38.6 Å². The Morgan fingerprint density at radius 2 is 1.71 bits per heavy atom. The Morgan fingerprint density at radius 3 is 2.32 bits per heavy atom. The van der Waals surface area contributed by atoms with Gasteiger partial charge in [0.15, 0.2) is 0 Å². The van der Waals surface area contributed by atoms with Crippen molar-refractivity contribution in [3.63, 3.8) is 0 Å². The molecule has 28 heavy (non-hydrogen) atoms. The van der Waals surface area contributed by atoms with Gasteiger partial charge in [-0.2, -0.15) is 0 Å². The van der Waals surface area contributed by atoms with Gasteiger partial charge in [0.25, 0.3) is 0 Å². The summed E-state index contributed by atoms with van der Waals surface area (Å²) in [6, 6.07) is 9.54. The van der Waals surface area contributed by atoms with Gasteiger partial charge in [-0.15, -0.1) is 0 Å². The van der Waals surface area contributed by atoms with Gasteiger partial charge in [-0.3, -0.25) is 14.6 Å². The summed E-state index contributed by atoms with van der Waals surface area (Å²) in [7, 11) is 0. The molecule has 0 bridgehead atoms. The second-order valence-electron chi connectivity index (χ2n) is 8.38. The Morgan fingerprint density at radius 1 is 1.07 bits per heavy atom. The molecule has 4 nitrogen and oxygen atoms in total. The first-order valence-corrected chi connectivity index (χ1v) is 11.0. The van der Waals surface area contributed by atoms with Crippen LogP contribution in [0.15, 0.2) is 24.3 Å². The third-order valence-corrected chi connectivity index (χ3v) is 6.26. The van der Waals surface area contributed by atoms with E-state index < -0.39 is 0 Å². The van der Waals surface area contributed by atoms with E-state index in [2.05, 4.69) is 53.2 Å². The van der Waals surface area contributed by atoms with Gasteiger partial charge < -0.3 is 17.7 Å². The maximum absolute atomic E-state index is 12.5. The maximum atomic E-state index is 12.5. The van der Waals surface area contributed by atoms with E-state index >= 15 is 0 Å². The van der Waals surface area contributed by atoms with E-state index in [1.165, 1.54) is 49.7 Å².